The summed E-state index contributed by atoms with van der Waals surface area (Å²) in [5.41, 5.74) is 0.512. The molecule has 0 aliphatic rings. The van der Waals surface area contributed by atoms with Gasteiger partial charge < -0.3 is 10.1 Å². The Balaban J connectivity index is 2.75. The minimum absolute atomic E-state index is 0.374. The third-order valence-electron chi connectivity index (χ3n) is 2.10. The molecule has 0 atom stereocenters. The van der Waals surface area contributed by atoms with Gasteiger partial charge in [0.2, 0.25) is 0 Å². The van der Waals surface area contributed by atoms with Crippen LogP contribution in [-0.2, 0) is 6.54 Å². The molecule has 17 heavy (non-hydrogen) atoms. The average molecular weight is 240 g/mol. The molecular formula is C12H14F2N2O. The van der Waals surface area contributed by atoms with Crippen LogP contribution >= 0.6 is 0 Å². The van der Waals surface area contributed by atoms with Crippen LogP contribution in [0.5, 0.6) is 5.75 Å². The van der Waals surface area contributed by atoms with E-state index in [4.69, 9.17) is 5.26 Å². The van der Waals surface area contributed by atoms with Gasteiger partial charge in [-0.3, -0.25) is 0 Å². The summed E-state index contributed by atoms with van der Waals surface area (Å²) in [7, 11) is 0. The second-order valence-electron chi connectivity index (χ2n) is 3.51. The van der Waals surface area contributed by atoms with Crippen LogP contribution in [0.3, 0.4) is 0 Å². The molecule has 0 unspecified atom stereocenters. The summed E-state index contributed by atoms with van der Waals surface area (Å²) in [4.78, 5) is 0. The maximum absolute atomic E-state index is 13.4. The van der Waals surface area contributed by atoms with Gasteiger partial charge in [-0.25, -0.2) is 8.78 Å². The summed E-state index contributed by atoms with van der Waals surface area (Å²) < 4.78 is 31.5. The van der Waals surface area contributed by atoms with Crippen molar-refractivity contribution in [1.29, 1.82) is 5.26 Å². The molecule has 0 radical (unpaired) electrons. The van der Waals surface area contributed by atoms with Crippen LogP contribution in [0.25, 0.3) is 0 Å². The van der Waals surface area contributed by atoms with Crippen LogP contribution in [0.1, 0.15) is 18.9 Å². The van der Waals surface area contributed by atoms with E-state index in [1.165, 1.54) is 12.1 Å². The van der Waals surface area contributed by atoms with Gasteiger partial charge in [0, 0.05) is 6.54 Å². The second-order valence-corrected chi connectivity index (χ2v) is 3.51. The lowest BCUT2D eigenvalue weighted by Gasteiger charge is -2.08. The van der Waals surface area contributed by atoms with Crippen molar-refractivity contribution in [3.8, 4) is 11.8 Å². The monoisotopic (exact) mass is 240 g/mol. The maximum atomic E-state index is 13.4. The van der Waals surface area contributed by atoms with E-state index in [1.54, 1.807) is 6.07 Å². The predicted molar refractivity (Wildman–Crippen MR) is 59.5 cm³/mol. The number of nitrogens with one attached hydrogen (secondary N) is 1. The summed E-state index contributed by atoms with van der Waals surface area (Å²) in [6.45, 7) is 2.82. The molecule has 1 aromatic rings. The summed E-state index contributed by atoms with van der Waals surface area (Å²) in [5.74, 6) is -2.06. The minimum atomic E-state index is -0.784. The highest BCUT2D eigenvalue weighted by Crippen LogP contribution is 2.23. The molecule has 92 valence electrons. The van der Waals surface area contributed by atoms with Gasteiger partial charge in [0.25, 0.3) is 0 Å². The van der Waals surface area contributed by atoms with Crippen molar-refractivity contribution >= 4 is 0 Å². The molecular weight excluding hydrogens is 226 g/mol. The van der Waals surface area contributed by atoms with Crippen LogP contribution in [0.2, 0.25) is 0 Å². The number of ether oxygens (including phenoxy) is 1. The van der Waals surface area contributed by atoms with E-state index in [0.717, 1.165) is 13.0 Å². The first-order valence-corrected chi connectivity index (χ1v) is 5.37. The smallest absolute Gasteiger partial charge is 0.192 e. The molecule has 1 aromatic carbocycles. The summed E-state index contributed by atoms with van der Waals surface area (Å²) in [6, 6.07) is 4.07. The molecule has 0 saturated carbocycles. The summed E-state index contributed by atoms with van der Waals surface area (Å²) >= 11 is 0. The van der Waals surface area contributed by atoms with Gasteiger partial charge in [0.15, 0.2) is 24.0 Å². The molecule has 1 rings (SSSR count). The van der Waals surface area contributed by atoms with Gasteiger partial charge >= 0.3 is 0 Å². The van der Waals surface area contributed by atoms with Crippen LogP contribution in [-0.4, -0.2) is 13.2 Å². The fourth-order valence-corrected chi connectivity index (χ4v) is 1.37. The number of halogens is 2. The average Bonchev–Trinajstić information content (AvgIpc) is 2.28. The molecule has 1 N–H and O–H groups in total. The van der Waals surface area contributed by atoms with E-state index in [9.17, 15) is 8.78 Å². The lowest BCUT2D eigenvalue weighted by Crippen LogP contribution is -2.14. The highest BCUT2D eigenvalue weighted by molar-refractivity contribution is 5.31. The topological polar surface area (TPSA) is 45.0 Å². The van der Waals surface area contributed by atoms with Crippen molar-refractivity contribution in [2.75, 3.05) is 13.2 Å². The van der Waals surface area contributed by atoms with Crippen molar-refractivity contribution in [1.82, 2.24) is 5.32 Å². The molecule has 0 saturated heterocycles. The Hall–Kier alpha value is -1.67. The molecule has 0 aromatic heterocycles. The van der Waals surface area contributed by atoms with Crippen LogP contribution in [0.15, 0.2) is 12.1 Å². The molecule has 3 nitrogen and oxygen atoms in total. The minimum Gasteiger partial charge on any atom is -0.473 e. The van der Waals surface area contributed by atoms with E-state index in [0.29, 0.717) is 12.1 Å². The summed E-state index contributed by atoms with van der Waals surface area (Å²) in [5, 5.41) is 11.3. The van der Waals surface area contributed by atoms with E-state index in [-0.39, 0.29) is 6.61 Å². The largest absolute Gasteiger partial charge is 0.473 e. The van der Waals surface area contributed by atoms with Crippen molar-refractivity contribution in [2.45, 2.75) is 19.9 Å². The number of benzene rings is 1. The zero-order chi connectivity index (χ0) is 12.7. The highest BCUT2D eigenvalue weighted by Gasteiger charge is 2.12. The number of nitriles is 1. The van der Waals surface area contributed by atoms with Crippen molar-refractivity contribution in [2.24, 2.45) is 0 Å². The Bertz CT molecular complexity index is 392. The highest BCUT2D eigenvalue weighted by atomic mass is 19.1. The molecule has 0 bridgehead atoms. The molecule has 0 aliphatic heterocycles. The molecule has 5 heteroatoms. The SMILES string of the molecule is CCCNCc1cc(F)c(OCC#N)c(F)c1. The third-order valence-corrected chi connectivity index (χ3v) is 2.10. The second kappa shape index (κ2) is 6.81. The van der Waals surface area contributed by atoms with Crippen molar-refractivity contribution in [3.63, 3.8) is 0 Å². The Morgan fingerprint density at radius 2 is 2.00 bits per heavy atom. The third kappa shape index (κ3) is 4.00. The predicted octanol–water partition coefficient (Wildman–Crippen LogP) is 2.37. The Morgan fingerprint density at radius 3 is 2.53 bits per heavy atom. The van der Waals surface area contributed by atoms with Gasteiger partial charge in [-0.2, -0.15) is 5.26 Å². The zero-order valence-electron chi connectivity index (χ0n) is 9.59. The normalized spacial score (nSPS) is 10.0. The van der Waals surface area contributed by atoms with Crippen molar-refractivity contribution in [3.05, 3.63) is 29.3 Å². The van der Waals surface area contributed by atoms with Gasteiger partial charge in [-0.05, 0) is 30.7 Å². The van der Waals surface area contributed by atoms with E-state index in [1.807, 2.05) is 6.92 Å². The van der Waals surface area contributed by atoms with Gasteiger partial charge in [0.1, 0.15) is 6.07 Å². The van der Waals surface area contributed by atoms with E-state index in [2.05, 4.69) is 10.1 Å². The van der Waals surface area contributed by atoms with E-state index >= 15 is 0 Å². The van der Waals surface area contributed by atoms with Crippen molar-refractivity contribution < 1.29 is 13.5 Å². The van der Waals surface area contributed by atoms with Crippen LogP contribution < -0.4 is 10.1 Å². The molecule has 0 aliphatic carbocycles. The fraction of sp³-hybridized carbons (Fsp3) is 0.417. The first-order chi connectivity index (χ1) is 8.19. The van der Waals surface area contributed by atoms with E-state index < -0.39 is 17.4 Å². The summed E-state index contributed by atoms with van der Waals surface area (Å²) in [6.07, 6.45) is 0.953. The number of rotatable bonds is 6. The lowest BCUT2D eigenvalue weighted by molar-refractivity contribution is 0.324. The van der Waals surface area contributed by atoms with Gasteiger partial charge in [-0.15, -0.1) is 0 Å². The zero-order valence-corrected chi connectivity index (χ0v) is 9.59. The molecule has 0 amide bonds. The maximum Gasteiger partial charge on any atom is 0.192 e. The first-order valence-electron chi connectivity index (χ1n) is 5.37. The Kier molecular flexibility index (Phi) is 5.37. The Labute approximate surface area is 99.0 Å². The van der Waals surface area contributed by atoms with Gasteiger partial charge in [0.05, 0.1) is 0 Å². The first kappa shape index (κ1) is 13.4. The lowest BCUT2D eigenvalue weighted by atomic mass is 10.2. The number of nitrogens with zero attached hydrogens (tertiary/aromatic N) is 1. The molecule has 0 spiro atoms. The molecule has 0 heterocycles. The number of hydrogen-bond donors (Lipinski definition) is 1. The molecule has 0 fully saturated rings. The number of hydrogen-bond acceptors (Lipinski definition) is 3. The quantitative estimate of drug-likeness (QED) is 0.776. The van der Waals surface area contributed by atoms with Crippen LogP contribution in [0.4, 0.5) is 8.78 Å². The standard InChI is InChI=1S/C12H14F2N2O/c1-2-4-16-8-9-6-10(13)12(11(14)7-9)17-5-3-15/h6-7,16H,2,4-5,8H2,1H3. The Morgan fingerprint density at radius 1 is 1.35 bits per heavy atom. The van der Waals surface area contributed by atoms with Gasteiger partial charge in [-0.1, -0.05) is 6.92 Å². The fourth-order valence-electron chi connectivity index (χ4n) is 1.37. The van der Waals surface area contributed by atoms with Crippen LogP contribution in [0, 0.1) is 23.0 Å².